The van der Waals surface area contributed by atoms with Crippen molar-refractivity contribution in [2.75, 3.05) is 18.6 Å². The third kappa shape index (κ3) is 1.60. The van der Waals surface area contributed by atoms with Crippen molar-refractivity contribution in [3.05, 3.63) is 23.8 Å². The molecule has 1 heterocycles. The quantitative estimate of drug-likeness (QED) is 0.743. The highest BCUT2D eigenvalue weighted by atomic mass is 16.5. The van der Waals surface area contributed by atoms with Gasteiger partial charge >= 0.3 is 0 Å². The van der Waals surface area contributed by atoms with Crippen LogP contribution in [0.25, 0.3) is 0 Å². The predicted molar refractivity (Wildman–Crippen MR) is 62.4 cm³/mol. The molecule has 1 amide bonds. The second-order valence-electron chi connectivity index (χ2n) is 4.57. The summed E-state index contributed by atoms with van der Waals surface area (Å²) in [5.74, 6) is 0.359. The van der Waals surface area contributed by atoms with E-state index in [4.69, 9.17) is 4.74 Å². The monoisotopic (exact) mass is 231 g/mol. The lowest BCUT2D eigenvalue weighted by Gasteiger charge is -2.15. The molecule has 1 fully saturated rings. The Morgan fingerprint density at radius 1 is 1.35 bits per heavy atom. The van der Waals surface area contributed by atoms with Crippen molar-refractivity contribution in [2.24, 2.45) is 5.92 Å². The van der Waals surface area contributed by atoms with Gasteiger partial charge in [0.1, 0.15) is 5.75 Å². The van der Waals surface area contributed by atoms with Gasteiger partial charge in [-0.25, -0.2) is 0 Å². The first-order valence-corrected chi connectivity index (χ1v) is 5.75. The van der Waals surface area contributed by atoms with Crippen LogP contribution in [0.5, 0.6) is 5.75 Å². The molecule has 1 aromatic carbocycles. The minimum atomic E-state index is -0.417. The van der Waals surface area contributed by atoms with Gasteiger partial charge in [-0.1, -0.05) is 0 Å². The van der Waals surface area contributed by atoms with Crippen molar-refractivity contribution in [2.45, 2.75) is 12.8 Å². The number of ketones is 1. The number of rotatable bonds is 3. The highest BCUT2D eigenvalue weighted by Crippen LogP contribution is 2.37. The molecule has 0 spiro atoms. The van der Waals surface area contributed by atoms with Gasteiger partial charge in [0.2, 0.25) is 0 Å². The molecule has 0 N–H and O–H groups in total. The van der Waals surface area contributed by atoms with Crippen LogP contribution in [0.1, 0.15) is 23.2 Å². The molecule has 0 saturated heterocycles. The maximum atomic E-state index is 11.9. The lowest BCUT2D eigenvalue weighted by atomic mass is 10.1. The Kier molecular flexibility index (Phi) is 2.18. The van der Waals surface area contributed by atoms with Gasteiger partial charge in [-0.2, -0.15) is 0 Å². The molecule has 0 unspecified atom stereocenters. The first-order chi connectivity index (χ1) is 8.20. The van der Waals surface area contributed by atoms with Crippen LogP contribution in [-0.4, -0.2) is 25.3 Å². The van der Waals surface area contributed by atoms with E-state index in [1.54, 1.807) is 30.2 Å². The summed E-state index contributed by atoms with van der Waals surface area (Å²) in [6.45, 7) is 0.671. The third-order valence-corrected chi connectivity index (χ3v) is 3.32. The summed E-state index contributed by atoms with van der Waals surface area (Å²) in [6.07, 6.45) is 2.31. The zero-order valence-corrected chi connectivity index (χ0v) is 9.60. The van der Waals surface area contributed by atoms with Crippen molar-refractivity contribution < 1.29 is 14.3 Å². The molecular weight excluding hydrogens is 218 g/mol. The van der Waals surface area contributed by atoms with Gasteiger partial charge in [0, 0.05) is 6.54 Å². The number of anilines is 1. The molecule has 0 bridgehead atoms. The molecule has 0 radical (unpaired) electrons. The smallest absolute Gasteiger partial charge is 0.299 e. The van der Waals surface area contributed by atoms with E-state index in [-0.39, 0.29) is 0 Å². The molecule has 17 heavy (non-hydrogen) atoms. The molecule has 3 rings (SSSR count). The molecule has 1 saturated carbocycles. The van der Waals surface area contributed by atoms with E-state index in [1.165, 1.54) is 0 Å². The number of benzene rings is 1. The Labute approximate surface area is 99.2 Å². The van der Waals surface area contributed by atoms with Gasteiger partial charge in [0.25, 0.3) is 11.7 Å². The summed E-state index contributed by atoms with van der Waals surface area (Å²) in [6, 6.07) is 5.21. The summed E-state index contributed by atoms with van der Waals surface area (Å²) in [7, 11) is 1.55. The lowest BCUT2D eigenvalue weighted by molar-refractivity contribution is -0.114. The van der Waals surface area contributed by atoms with Crippen LogP contribution in [0, 0.1) is 5.92 Å². The van der Waals surface area contributed by atoms with E-state index < -0.39 is 11.7 Å². The van der Waals surface area contributed by atoms with Crippen molar-refractivity contribution >= 4 is 17.4 Å². The molecule has 88 valence electrons. The second kappa shape index (κ2) is 3.58. The maximum absolute atomic E-state index is 11.9. The van der Waals surface area contributed by atoms with Crippen LogP contribution < -0.4 is 9.64 Å². The van der Waals surface area contributed by atoms with Gasteiger partial charge in [-0.05, 0) is 37.0 Å². The number of fused-ring (bicyclic) bond motifs is 1. The number of carbonyl (C=O) groups excluding carboxylic acids is 2. The van der Waals surface area contributed by atoms with Crippen LogP contribution in [0.4, 0.5) is 5.69 Å². The number of Topliss-reactive ketones (excluding diaryl/α,β-unsaturated/α-hetero) is 1. The van der Waals surface area contributed by atoms with E-state index >= 15 is 0 Å². The third-order valence-electron chi connectivity index (χ3n) is 3.32. The average molecular weight is 231 g/mol. The SMILES string of the molecule is COc1ccc2c(c1)C(=O)C(=O)N2CC1CC1. The van der Waals surface area contributed by atoms with Gasteiger partial charge < -0.3 is 9.64 Å². The zero-order valence-electron chi connectivity index (χ0n) is 9.60. The van der Waals surface area contributed by atoms with E-state index in [2.05, 4.69) is 0 Å². The van der Waals surface area contributed by atoms with Crippen molar-refractivity contribution in [3.8, 4) is 5.75 Å². The minimum absolute atomic E-state index is 0.403. The molecule has 1 aliphatic heterocycles. The number of nitrogens with zero attached hydrogens (tertiary/aromatic N) is 1. The Balaban J connectivity index is 2.00. The standard InChI is InChI=1S/C13H13NO3/c1-17-9-4-5-11-10(6-9)12(15)13(16)14(11)7-8-2-3-8/h4-6,8H,2-3,7H2,1H3. The minimum Gasteiger partial charge on any atom is -0.497 e. The molecule has 4 heteroatoms. The van der Waals surface area contributed by atoms with Crippen LogP contribution in [-0.2, 0) is 4.79 Å². The van der Waals surface area contributed by atoms with Crippen LogP contribution >= 0.6 is 0 Å². The first-order valence-electron chi connectivity index (χ1n) is 5.75. The summed E-state index contributed by atoms with van der Waals surface area (Å²) < 4.78 is 5.07. The number of amides is 1. The van der Waals surface area contributed by atoms with Crippen molar-refractivity contribution in [1.82, 2.24) is 0 Å². The zero-order chi connectivity index (χ0) is 12.0. The molecule has 2 aliphatic rings. The highest BCUT2D eigenvalue weighted by Gasteiger charge is 2.38. The fourth-order valence-electron chi connectivity index (χ4n) is 2.15. The fourth-order valence-corrected chi connectivity index (χ4v) is 2.15. The average Bonchev–Trinajstić information content (AvgIpc) is 3.14. The molecule has 0 aromatic heterocycles. The van der Waals surface area contributed by atoms with Crippen molar-refractivity contribution in [3.63, 3.8) is 0 Å². The number of hydrogen-bond donors (Lipinski definition) is 0. The predicted octanol–water partition coefficient (Wildman–Crippen LogP) is 1.63. The lowest BCUT2D eigenvalue weighted by Crippen LogP contribution is -2.31. The molecular formula is C13H13NO3. The fraction of sp³-hybridized carbons (Fsp3) is 0.385. The van der Waals surface area contributed by atoms with E-state index in [0.717, 1.165) is 18.5 Å². The molecule has 4 nitrogen and oxygen atoms in total. The van der Waals surface area contributed by atoms with Crippen LogP contribution in [0.15, 0.2) is 18.2 Å². The summed E-state index contributed by atoms with van der Waals surface area (Å²) >= 11 is 0. The Bertz CT molecular complexity index is 505. The van der Waals surface area contributed by atoms with Gasteiger partial charge in [-0.15, -0.1) is 0 Å². The number of hydrogen-bond acceptors (Lipinski definition) is 3. The van der Waals surface area contributed by atoms with Gasteiger partial charge in [-0.3, -0.25) is 9.59 Å². The van der Waals surface area contributed by atoms with E-state index in [1.807, 2.05) is 0 Å². The number of carbonyl (C=O) groups is 2. The second-order valence-corrected chi connectivity index (χ2v) is 4.57. The van der Waals surface area contributed by atoms with E-state index in [9.17, 15) is 9.59 Å². The Morgan fingerprint density at radius 2 is 2.12 bits per heavy atom. The number of ether oxygens (including phenoxy) is 1. The van der Waals surface area contributed by atoms with Crippen molar-refractivity contribution in [1.29, 1.82) is 0 Å². The largest absolute Gasteiger partial charge is 0.497 e. The van der Waals surface area contributed by atoms with Gasteiger partial charge in [0.05, 0.1) is 18.4 Å². The first kappa shape index (κ1) is 10.3. The summed E-state index contributed by atoms with van der Waals surface area (Å²) in [4.78, 5) is 25.3. The Hall–Kier alpha value is -1.84. The number of methoxy groups -OCH3 is 1. The topological polar surface area (TPSA) is 46.6 Å². The highest BCUT2D eigenvalue weighted by molar-refractivity contribution is 6.52. The summed E-state index contributed by atoms with van der Waals surface area (Å²) in [5.41, 5.74) is 1.20. The van der Waals surface area contributed by atoms with Crippen LogP contribution in [0.3, 0.4) is 0 Å². The van der Waals surface area contributed by atoms with E-state index in [0.29, 0.717) is 23.8 Å². The molecule has 1 aliphatic carbocycles. The van der Waals surface area contributed by atoms with Crippen LogP contribution in [0.2, 0.25) is 0 Å². The molecule has 1 aromatic rings. The van der Waals surface area contributed by atoms with Gasteiger partial charge in [0.15, 0.2) is 0 Å². The normalized spacial score (nSPS) is 18.5. The maximum Gasteiger partial charge on any atom is 0.299 e. The Morgan fingerprint density at radius 3 is 2.76 bits per heavy atom. The molecule has 0 atom stereocenters. The summed E-state index contributed by atoms with van der Waals surface area (Å²) in [5, 5.41) is 0.